The van der Waals surface area contributed by atoms with Crippen LogP contribution >= 0.6 is 0 Å². The fraction of sp³-hybridized carbons (Fsp3) is 0.516. The molecule has 4 N–H and O–H groups in total. The Labute approximate surface area is 233 Å². The number of guanidine groups is 1. The maximum atomic E-state index is 13.7. The SMILES string of the molecule is CC[C@@]12CCC3CC3c3ccc4c(c3)[C@@H](NC(=O)c3ccc5c(c3)[C@@H](CCO5)N(C(=O)C1)C(N)=N2)[C@](C)(O)CO4. The largest absolute Gasteiger partial charge is 0.493 e. The summed E-state index contributed by atoms with van der Waals surface area (Å²) in [5.41, 5.74) is 7.90. The van der Waals surface area contributed by atoms with Crippen LogP contribution in [-0.4, -0.2) is 52.1 Å². The van der Waals surface area contributed by atoms with E-state index in [2.05, 4.69) is 24.4 Å². The summed E-state index contributed by atoms with van der Waals surface area (Å²) < 4.78 is 11.8. The number of fused-ring (bicyclic) bond motifs is 3. The third-order valence-corrected chi connectivity index (χ3v) is 9.69. The maximum absolute atomic E-state index is 13.7. The predicted octanol–water partition coefficient (Wildman–Crippen LogP) is 3.72. The molecule has 210 valence electrons. The molecule has 6 atom stereocenters. The number of aliphatic hydroxyl groups is 1. The Bertz CT molecular complexity index is 1440. The lowest BCUT2D eigenvalue weighted by atomic mass is 9.83. The van der Waals surface area contributed by atoms with Gasteiger partial charge in [-0.2, -0.15) is 0 Å². The van der Waals surface area contributed by atoms with Gasteiger partial charge in [-0.3, -0.25) is 14.5 Å². The van der Waals surface area contributed by atoms with Gasteiger partial charge in [-0.1, -0.05) is 13.0 Å². The monoisotopic (exact) mass is 544 g/mol. The van der Waals surface area contributed by atoms with E-state index in [0.717, 1.165) is 36.8 Å². The molecule has 1 fully saturated rings. The minimum absolute atomic E-state index is 0.0333. The van der Waals surface area contributed by atoms with Crippen molar-refractivity contribution in [3.05, 3.63) is 58.7 Å². The first-order valence-electron chi connectivity index (χ1n) is 14.4. The van der Waals surface area contributed by atoms with Crippen LogP contribution in [0.25, 0.3) is 0 Å². The first kappa shape index (κ1) is 25.4. The summed E-state index contributed by atoms with van der Waals surface area (Å²) in [5, 5.41) is 14.4. The molecule has 9 heteroatoms. The molecule has 2 amide bonds. The van der Waals surface area contributed by atoms with Gasteiger partial charge in [0.2, 0.25) is 5.91 Å². The Morgan fingerprint density at radius 1 is 1.12 bits per heavy atom. The van der Waals surface area contributed by atoms with Crippen molar-refractivity contribution in [3.63, 3.8) is 0 Å². The number of nitrogens with one attached hydrogen (secondary N) is 1. The van der Waals surface area contributed by atoms with Gasteiger partial charge in [0.15, 0.2) is 5.96 Å². The zero-order chi connectivity index (χ0) is 27.8. The summed E-state index contributed by atoms with van der Waals surface area (Å²) in [6, 6.07) is 10.4. The Morgan fingerprint density at radius 3 is 2.73 bits per heavy atom. The number of hydrogen-bond donors (Lipinski definition) is 3. The Hall–Kier alpha value is -3.59. The molecule has 0 aromatic heterocycles. The van der Waals surface area contributed by atoms with Crippen LogP contribution in [0.2, 0.25) is 0 Å². The molecular weight excluding hydrogens is 508 g/mol. The number of hydrogen-bond acceptors (Lipinski definition) is 7. The molecule has 2 aromatic rings. The van der Waals surface area contributed by atoms with Crippen molar-refractivity contribution in [2.24, 2.45) is 16.6 Å². The smallest absolute Gasteiger partial charge is 0.251 e. The quantitative estimate of drug-likeness (QED) is 0.502. The van der Waals surface area contributed by atoms with E-state index in [-0.39, 0.29) is 30.4 Å². The van der Waals surface area contributed by atoms with Crippen LogP contribution in [0.3, 0.4) is 0 Å². The molecule has 0 radical (unpaired) electrons. The number of carbonyl (C=O) groups is 2. The van der Waals surface area contributed by atoms with Gasteiger partial charge < -0.3 is 25.6 Å². The van der Waals surface area contributed by atoms with Crippen molar-refractivity contribution in [1.82, 2.24) is 10.2 Å². The van der Waals surface area contributed by atoms with Crippen molar-refractivity contribution in [2.45, 2.75) is 81.5 Å². The minimum atomic E-state index is -1.29. The number of nitrogens with two attached hydrogens (primary N) is 1. The zero-order valence-electron chi connectivity index (χ0n) is 23.0. The molecule has 0 spiro atoms. The Kier molecular flexibility index (Phi) is 5.69. The molecule has 8 rings (SSSR count). The van der Waals surface area contributed by atoms with Crippen LogP contribution in [0.15, 0.2) is 41.4 Å². The molecule has 1 saturated carbocycles. The van der Waals surface area contributed by atoms with Crippen molar-refractivity contribution >= 4 is 17.8 Å². The van der Waals surface area contributed by atoms with Crippen molar-refractivity contribution in [2.75, 3.05) is 13.2 Å². The van der Waals surface area contributed by atoms with Crippen molar-refractivity contribution < 1.29 is 24.2 Å². The lowest BCUT2D eigenvalue weighted by Crippen LogP contribution is -2.53. The number of aliphatic imine (C=N–C) groups is 1. The van der Waals surface area contributed by atoms with E-state index < -0.39 is 17.2 Å². The average molecular weight is 545 g/mol. The van der Waals surface area contributed by atoms with Crippen molar-refractivity contribution in [1.29, 1.82) is 0 Å². The van der Waals surface area contributed by atoms with Crippen molar-refractivity contribution in [3.8, 4) is 11.5 Å². The molecule has 2 aromatic carbocycles. The lowest BCUT2D eigenvalue weighted by molar-refractivity contribution is -0.132. The number of nitrogens with zero attached hydrogens (tertiary/aromatic N) is 2. The van der Waals surface area contributed by atoms with E-state index >= 15 is 0 Å². The summed E-state index contributed by atoms with van der Waals surface area (Å²) in [6.45, 7) is 4.29. The summed E-state index contributed by atoms with van der Waals surface area (Å²) in [6.07, 6.45) is 4.43. The molecule has 6 bridgehead atoms. The number of rotatable bonds is 1. The van der Waals surface area contributed by atoms with Gasteiger partial charge in [-0.25, -0.2) is 4.99 Å². The number of ether oxygens (including phenoxy) is 2. The van der Waals surface area contributed by atoms with Crippen LogP contribution in [0, 0.1) is 5.92 Å². The van der Waals surface area contributed by atoms with Gasteiger partial charge in [-0.15, -0.1) is 0 Å². The second-order valence-electron chi connectivity index (χ2n) is 12.4. The van der Waals surface area contributed by atoms with Gasteiger partial charge in [0.1, 0.15) is 23.7 Å². The fourth-order valence-corrected chi connectivity index (χ4v) is 7.15. The zero-order valence-corrected chi connectivity index (χ0v) is 23.0. The van der Waals surface area contributed by atoms with Gasteiger partial charge in [0.05, 0.1) is 30.7 Å². The van der Waals surface area contributed by atoms with Crippen LogP contribution in [0.4, 0.5) is 0 Å². The molecule has 0 saturated heterocycles. The summed E-state index contributed by atoms with van der Waals surface area (Å²) in [5.74, 6) is 2.08. The molecule has 1 aliphatic carbocycles. The van der Waals surface area contributed by atoms with Crippen LogP contribution < -0.4 is 20.5 Å². The number of amides is 2. The van der Waals surface area contributed by atoms with Crippen LogP contribution in [0.5, 0.6) is 11.5 Å². The number of benzene rings is 2. The average Bonchev–Trinajstić information content (AvgIpc) is 3.72. The second-order valence-corrected chi connectivity index (χ2v) is 12.4. The highest BCUT2D eigenvalue weighted by Crippen LogP contribution is 2.53. The lowest BCUT2D eigenvalue weighted by Gasteiger charge is -2.42. The maximum Gasteiger partial charge on any atom is 0.251 e. The van der Waals surface area contributed by atoms with Gasteiger partial charge >= 0.3 is 0 Å². The number of carbonyl (C=O) groups excluding carboxylic acids is 2. The minimum Gasteiger partial charge on any atom is -0.493 e. The first-order valence-corrected chi connectivity index (χ1v) is 14.4. The normalized spacial score (nSPS) is 34.4. The van der Waals surface area contributed by atoms with E-state index in [1.807, 2.05) is 6.07 Å². The van der Waals surface area contributed by atoms with E-state index in [0.29, 0.717) is 48.3 Å². The van der Waals surface area contributed by atoms with E-state index in [1.165, 1.54) is 5.56 Å². The third-order valence-electron chi connectivity index (χ3n) is 9.69. The second kappa shape index (κ2) is 8.96. The first-order chi connectivity index (χ1) is 19.2. The van der Waals surface area contributed by atoms with E-state index in [4.69, 9.17) is 20.2 Å². The van der Waals surface area contributed by atoms with Gasteiger partial charge in [-0.05, 0) is 80.3 Å². The topological polar surface area (TPSA) is 126 Å². The van der Waals surface area contributed by atoms with Gasteiger partial charge in [0, 0.05) is 23.1 Å². The molecule has 5 aliphatic heterocycles. The standard InChI is InChI=1S/C31H36N4O5/c1-3-31-10-8-18-12-20(18)17-4-6-25-22(13-17)27(30(2,38)16-40-25)33-28(37)19-5-7-24-21(14-19)23(9-11-39-24)35(26(36)15-31)29(32)34-31/h4-7,13-14,18,20,23,27,38H,3,8-12,15-16H2,1-2H3,(H2,32,34)(H,33,37)/t18?,20?,23-,27-,30-,31-/m1/s1. The highest BCUT2D eigenvalue weighted by Gasteiger charge is 2.47. The molecular formula is C31H36N4O5. The molecule has 5 heterocycles. The molecule has 9 nitrogen and oxygen atoms in total. The summed E-state index contributed by atoms with van der Waals surface area (Å²) in [7, 11) is 0. The van der Waals surface area contributed by atoms with E-state index in [9.17, 15) is 14.7 Å². The molecule has 6 aliphatic rings. The Balaban J connectivity index is 1.35. The van der Waals surface area contributed by atoms with Gasteiger partial charge in [0.25, 0.3) is 5.91 Å². The summed E-state index contributed by atoms with van der Waals surface area (Å²) in [4.78, 5) is 34.0. The van der Waals surface area contributed by atoms with Crippen LogP contribution in [-0.2, 0) is 4.79 Å². The highest BCUT2D eigenvalue weighted by molar-refractivity contribution is 6.00. The molecule has 2 unspecified atom stereocenters. The highest BCUT2D eigenvalue weighted by atomic mass is 16.5. The molecule has 40 heavy (non-hydrogen) atoms. The summed E-state index contributed by atoms with van der Waals surface area (Å²) >= 11 is 0. The fourth-order valence-electron chi connectivity index (χ4n) is 7.15. The predicted molar refractivity (Wildman–Crippen MR) is 148 cm³/mol. The van der Waals surface area contributed by atoms with Crippen LogP contribution in [0.1, 0.15) is 97.4 Å². The van der Waals surface area contributed by atoms with E-state index in [1.54, 1.807) is 30.0 Å². The Morgan fingerprint density at radius 2 is 1.93 bits per heavy atom. The third kappa shape index (κ3) is 4.05.